The first kappa shape index (κ1) is 14.0. The average Bonchev–Trinajstić information content (AvgIpc) is 2.75. The molecule has 2 aliphatic heterocycles. The van der Waals surface area contributed by atoms with Gasteiger partial charge in [0.1, 0.15) is 13.2 Å². The number of hydrogen-bond acceptors (Lipinski definition) is 6. The minimum absolute atomic E-state index is 0.239. The lowest BCUT2D eigenvalue weighted by Gasteiger charge is -2.18. The van der Waals surface area contributed by atoms with E-state index < -0.39 is 0 Å². The highest BCUT2D eigenvalue weighted by molar-refractivity contribution is 8.18. The Morgan fingerprint density at radius 1 is 1.24 bits per heavy atom. The lowest BCUT2D eigenvalue weighted by atomic mass is 10.1. The van der Waals surface area contributed by atoms with Crippen molar-refractivity contribution in [3.05, 3.63) is 28.7 Å². The number of ether oxygens (including phenoxy) is 2. The van der Waals surface area contributed by atoms with Gasteiger partial charge in [0, 0.05) is 13.1 Å². The lowest BCUT2D eigenvalue weighted by Crippen LogP contribution is -2.33. The van der Waals surface area contributed by atoms with E-state index in [0.29, 0.717) is 29.6 Å². The molecule has 0 spiro atoms. The van der Waals surface area contributed by atoms with E-state index in [1.807, 2.05) is 6.07 Å². The van der Waals surface area contributed by atoms with Crippen LogP contribution in [0.2, 0.25) is 0 Å². The summed E-state index contributed by atoms with van der Waals surface area (Å²) in [6, 6.07) is 5.42. The number of benzene rings is 1. The molecule has 1 fully saturated rings. The van der Waals surface area contributed by atoms with Crippen molar-refractivity contribution in [2.75, 3.05) is 26.3 Å². The number of amides is 2. The monoisotopic (exact) mass is 306 g/mol. The van der Waals surface area contributed by atoms with E-state index in [2.05, 4.69) is 0 Å². The molecule has 1 aromatic rings. The van der Waals surface area contributed by atoms with E-state index in [0.717, 1.165) is 22.2 Å². The van der Waals surface area contributed by atoms with Crippen molar-refractivity contribution in [2.24, 2.45) is 5.73 Å². The minimum atomic E-state index is -0.301. The zero-order valence-corrected chi connectivity index (χ0v) is 12.0. The first-order valence-electron chi connectivity index (χ1n) is 6.54. The molecule has 1 saturated heterocycles. The van der Waals surface area contributed by atoms with Gasteiger partial charge in [-0.2, -0.15) is 0 Å². The van der Waals surface area contributed by atoms with Crippen molar-refractivity contribution in [1.29, 1.82) is 0 Å². The topological polar surface area (TPSA) is 81.9 Å². The minimum Gasteiger partial charge on any atom is -0.486 e. The van der Waals surface area contributed by atoms with E-state index in [9.17, 15) is 9.59 Å². The molecule has 2 amide bonds. The summed E-state index contributed by atoms with van der Waals surface area (Å²) in [7, 11) is 0. The number of carbonyl (C=O) groups is 2. The Hall–Kier alpha value is -1.99. The maximum absolute atomic E-state index is 12.1. The van der Waals surface area contributed by atoms with Gasteiger partial charge in [0.25, 0.3) is 11.1 Å². The van der Waals surface area contributed by atoms with E-state index >= 15 is 0 Å². The summed E-state index contributed by atoms with van der Waals surface area (Å²) in [4.78, 5) is 25.4. The summed E-state index contributed by atoms with van der Waals surface area (Å²) in [5.41, 5.74) is 6.19. The number of carbonyl (C=O) groups excluding carboxylic acids is 2. The summed E-state index contributed by atoms with van der Waals surface area (Å²) in [6.07, 6.45) is 1.68. The van der Waals surface area contributed by atoms with Crippen LogP contribution in [0.1, 0.15) is 5.56 Å². The van der Waals surface area contributed by atoms with Gasteiger partial charge >= 0.3 is 0 Å². The predicted octanol–water partition coefficient (Wildman–Crippen LogP) is 1.45. The molecule has 0 saturated carbocycles. The van der Waals surface area contributed by atoms with E-state index in [1.165, 1.54) is 0 Å². The summed E-state index contributed by atoms with van der Waals surface area (Å²) in [5.74, 6) is 1.04. The van der Waals surface area contributed by atoms with Crippen molar-refractivity contribution < 1.29 is 19.1 Å². The fourth-order valence-electron chi connectivity index (χ4n) is 2.12. The zero-order chi connectivity index (χ0) is 14.8. The Kier molecular flexibility index (Phi) is 3.85. The number of fused-ring (bicyclic) bond motifs is 1. The summed E-state index contributed by atoms with van der Waals surface area (Å²) in [5, 5.41) is -0.283. The first-order chi connectivity index (χ1) is 10.2. The highest BCUT2D eigenvalue weighted by atomic mass is 32.2. The third-order valence-electron chi connectivity index (χ3n) is 3.09. The molecular weight excluding hydrogens is 292 g/mol. The number of nitrogens with zero attached hydrogens (tertiary/aromatic N) is 1. The van der Waals surface area contributed by atoms with Gasteiger partial charge < -0.3 is 15.2 Å². The molecule has 0 aromatic heterocycles. The van der Waals surface area contributed by atoms with Crippen molar-refractivity contribution >= 4 is 29.0 Å². The molecule has 6 nitrogen and oxygen atoms in total. The molecule has 2 aliphatic rings. The maximum Gasteiger partial charge on any atom is 0.293 e. The number of hydrogen-bond donors (Lipinski definition) is 1. The number of nitrogens with two attached hydrogens (primary N) is 1. The Labute approximate surface area is 125 Å². The van der Waals surface area contributed by atoms with Gasteiger partial charge in [-0.3, -0.25) is 14.5 Å². The third kappa shape index (κ3) is 2.74. The maximum atomic E-state index is 12.1. The molecule has 0 radical (unpaired) electrons. The number of thioether (sulfide) groups is 1. The molecule has 2 N–H and O–H groups in total. The van der Waals surface area contributed by atoms with Crippen LogP contribution in [0.4, 0.5) is 4.79 Å². The van der Waals surface area contributed by atoms with Gasteiger partial charge in [-0.05, 0) is 35.5 Å². The molecular formula is C14H14N2O4S. The fourth-order valence-corrected chi connectivity index (χ4v) is 2.99. The van der Waals surface area contributed by atoms with E-state index in [-0.39, 0.29) is 24.2 Å². The van der Waals surface area contributed by atoms with Crippen molar-refractivity contribution in [2.45, 2.75) is 0 Å². The smallest absolute Gasteiger partial charge is 0.293 e. The second-order valence-corrected chi connectivity index (χ2v) is 5.52. The van der Waals surface area contributed by atoms with Gasteiger partial charge in [-0.25, -0.2) is 0 Å². The molecule has 110 valence electrons. The highest BCUT2D eigenvalue weighted by Crippen LogP contribution is 2.35. The third-order valence-corrected chi connectivity index (χ3v) is 4.00. The Balaban J connectivity index is 1.85. The van der Waals surface area contributed by atoms with Gasteiger partial charge in [-0.1, -0.05) is 6.07 Å². The largest absolute Gasteiger partial charge is 0.486 e. The number of rotatable bonds is 3. The van der Waals surface area contributed by atoms with Gasteiger partial charge in [0.2, 0.25) is 0 Å². The Morgan fingerprint density at radius 2 is 2.00 bits per heavy atom. The molecule has 0 aliphatic carbocycles. The molecule has 1 aromatic carbocycles. The van der Waals surface area contributed by atoms with Crippen LogP contribution in [0.5, 0.6) is 11.5 Å². The normalized spacial score (nSPS) is 19.5. The van der Waals surface area contributed by atoms with Gasteiger partial charge in [0.15, 0.2) is 11.5 Å². The average molecular weight is 306 g/mol. The Bertz CT molecular complexity index is 629. The SMILES string of the molecule is NCCN1C(=O)S/C(=C\c2ccc3c(c2)OCCO3)C1=O. The fraction of sp³-hybridized carbons (Fsp3) is 0.286. The van der Waals surface area contributed by atoms with Crippen molar-refractivity contribution in [3.8, 4) is 11.5 Å². The lowest BCUT2D eigenvalue weighted by molar-refractivity contribution is -0.122. The van der Waals surface area contributed by atoms with Crippen molar-refractivity contribution in [1.82, 2.24) is 4.90 Å². The van der Waals surface area contributed by atoms with E-state index in [4.69, 9.17) is 15.2 Å². The number of imide groups is 1. The van der Waals surface area contributed by atoms with E-state index in [1.54, 1.807) is 18.2 Å². The molecule has 0 unspecified atom stereocenters. The van der Waals surface area contributed by atoms with Crippen LogP contribution < -0.4 is 15.2 Å². The second-order valence-electron chi connectivity index (χ2n) is 4.53. The zero-order valence-electron chi connectivity index (χ0n) is 11.2. The quantitative estimate of drug-likeness (QED) is 0.851. The molecule has 7 heteroatoms. The highest BCUT2D eigenvalue weighted by Gasteiger charge is 2.34. The van der Waals surface area contributed by atoms with Crippen LogP contribution in [0, 0.1) is 0 Å². The van der Waals surface area contributed by atoms with Crippen LogP contribution in [-0.4, -0.2) is 42.3 Å². The van der Waals surface area contributed by atoms with Gasteiger partial charge in [-0.15, -0.1) is 0 Å². The Morgan fingerprint density at radius 3 is 2.76 bits per heavy atom. The van der Waals surface area contributed by atoms with Crippen molar-refractivity contribution in [3.63, 3.8) is 0 Å². The summed E-state index contributed by atoms with van der Waals surface area (Å²) < 4.78 is 10.9. The summed E-state index contributed by atoms with van der Waals surface area (Å²) in [6.45, 7) is 1.53. The first-order valence-corrected chi connectivity index (χ1v) is 7.36. The molecule has 0 atom stereocenters. The molecule has 0 bridgehead atoms. The predicted molar refractivity (Wildman–Crippen MR) is 79.2 cm³/mol. The standard InChI is InChI=1S/C14H14N2O4S/c15-3-4-16-13(17)12(21-14(16)18)8-9-1-2-10-11(7-9)20-6-5-19-10/h1-2,7-8H,3-6,15H2/b12-8-. The summed E-state index contributed by atoms with van der Waals surface area (Å²) >= 11 is 0.925. The molecule has 3 rings (SSSR count). The van der Waals surface area contributed by atoms with Crippen LogP contribution >= 0.6 is 11.8 Å². The van der Waals surface area contributed by atoms with Crippen LogP contribution in [-0.2, 0) is 4.79 Å². The molecule has 2 heterocycles. The second kappa shape index (κ2) is 5.79. The van der Waals surface area contributed by atoms with Crippen LogP contribution in [0.3, 0.4) is 0 Å². The van der Waals surface area contributed by atoms with Crippen LogP contribution in [0.25, 0.3) is 6.08 Å². The van der Waals surface area contributed by atoms with Gasteiger partial charge in [0.05, 0.1) is 4.91 Å². The van der Waals surface area contributed by atoms with Crippen LogP contribution in [0.15, 0.2) is 23.1 Å². The molecule has 21 heavy (non-hydrogen) atoms.